The fourth-order valence-electron chi connectivity index (χ4n) is 3.57. The first-order valence-electron chi connectivity index (χ1n) is 7.83. The van der Waals surface area contributed by atoms with Crippen LogP contribution >= 0.6 is 12.4 Å². The van der Waals surface area contributed by atoms with E-state index in [-0.39, 0.29) is 18.0 Å². The summed E-state index contributed by atoms with van der Waals surface area (Å²) in [6.45, 7) is 3.39. The first-order valence-corrected chi connectivity index (χ1v) is 7.83. The van der Waals surface area contributed by atoms with Crippen LogP contribution in [0.4, 0.5) is 5.69 Å². The second kappa shape index (κ2) is 6.31. The van der Waals surface area contributed by atoms with E-state index in [9.17, 15) is 4.79 Å². The molecule has 1 N–H and O–H groups in total. The van der Waals surface area contributed by atoms with Gasteiger partial charge >= 0.3 is 0 Å². The number of pyridine rings is 1. The SMILES string of the molecule is Cl.O=c1[nH]c2cc(N3CCOCC3)ccc2c2c1CCCC2. The van der Waals surface area contributed by atoms with Crippen molar-refractivity contribution in [3.63, 3.8) is 0 Å². The smallest absolute Gasteiger partial charge is 0.251 e. The van der Waals surface area contributed by atoms with Crippen molar-refractivity contribution in [2.75, 3.05) is 31.2 Å². The number of H-pyrrole nitrogens is 1. The van der Waals surface area contributed by atoms with Crippen LogP contribution in [-0.4, -0.2) is 31.3 Å². The molecular formula is C17H21ClN2O2. The molecule has 1 aromatic heterocycles. The van der Waals surface area contributed by atoms with Crippen LogP contribution in [0.3, 0.4) is 0 Å². The Balaban J connectivity index is 0.00000144. The lowest BCUT2D eigenvalue weighted by Crippen LogP contribution is -2.36. The average Bonchev–Trinajstić information content (AvgIpc) is 2.55. The van der Waals surface area contributed by atoms with Gasteiger partial charge in [0.15, 0.2) is 0 Å². The van der Waals surface area contributed by atoms with E-state index < -0.39 is 0 Å². The van der Waals surface area contributed by atoms with E-state index in [2.05, 4.69) is 28.1 Å². The van der Waals surface area contributed by atoms with Crippen LogP contribution in [0, 0.1) is 0 Å². The second-order valence-corrected chi connectivity index (χ2v) is 5.95. The number of morpholine rings is 1. The van der Waals surface area contributed by atoms with Crippen molar-refractivity contribution in [2.45, 2.75) is 25.7 Å². The van der Waals surface area contributed by atoms with Crippen LogP contribution in [0.1, 0.15) is 24.0 Å². The van der Waals surface area contributed by atoms with Crippen LogP contribution < -0.4 is 10.5 Å². The molecule has 0 atom stereocenters. The molecule has 1 fully saturated rings. The minimum Gasteiger partial charge on any atom is -0.378 e. The fraction of sp³-hybridized carbons (Fsp3) is 0.471. The standard InChI is InChI=1S/C17H20N2O2.ClH/c20-17-15-4-2-1-3-13(15)14-6-5-12(11-16(14)18-17)19-7-9-21-10-8-19;/h5-6,11H,1-4,7-10H2,(H,18,20);1H. The highest BCUT2D eigenvalue weighted by atomic mass is 35.5. The number of nitrogens with zero attached hydrogens (tertiary/aromatic N) is 1. The highest BCUT2D eigenvalue weighted by Gasteiger charge is 2.17. The number of rotatable bonds is 1. The van der Waals surface area contributed by atoms with Gasteiger partial charge in [-0.1, -0.05) is 6.07 Å². The molecule has 1 aliphatic heterocycles. The highest BCUT2D eigenvalue weighted by molar-refractivity contribution is 5.86. The van der Waals surface area contributed by atoms with E-state index in [1.165, 1.54) is 23.1 Å². The Hall–Kier alpha value is -1.52. The third kappa shape index (κ3) is 2.61. The summed E-state index contributed by atoms with van der Waals surface area (Å²) >= 11 is 0. The van der Waals surface area contributed by atoms with E-state index in [1.807, 2.05) is 0 Å². The van der Waals surface area contributed by atoms with Gasteiger partial charge in [-0.05, 0) is 43.4 Å². The molecule has 0 unspecified atom stereocenters. The van der Waals surface area contributed by atoms with Gasteiger partial charge in [-0.3, -0.25) is 4.79 Å². The summed E-state index contributed by atoms with van der Waals surface area (Å²) in [5.41, 5.74) is 4.54. The van der Waals surface area contributed by atoms with Gasteiger partial charge in [0.1, 0.15) is 0 Å². The molecule has 2 heterocycles. The third-order valence-electron chi connectivity index (χ3n) is 4.69. The molecule has 4 nitrogen and oxygen atoms in total. The maximum Gasteiger partial charge on any atom is 0.251 e. The number of aromatic nitrogens is 1. The number of hydrogen-bond donors (Lipinski definition) is 1. The zero-order valence-corrected chi connectivity index (χ0v) is 13.4. The predicted molar refractivity (Wildman–Crippen MR) is 91.5 cm³/mol. The third-order valence-corrected chi connectivity index (χ3v) is 4.69. The number of halogens is 1. The maximum atomic E-state index is 12.3. The first-order chi connectivity index (χ1) is 10.3. The van der Waals surface area contributed by atoms with Gasteiger partial charge in [0.05, 0.1) is 18.7 Å². The topological polar surface area (TPSA) is 45.3 Å². The van der Waals surface area contributed by atoms with E-state index in [1.54, 1.807) is 0 Å². The fourth-order valence-corrected chi connectivity index (χ4v) is 3.57. The molecule has 1 aliphatic carbocycles. The predicted octanol–water partition coefficient (Wildman–Crippen LogP) is 2.67. The summed E-state index contributed by atoms with van der Waals surface area (Å²) in [5.74, 6) is 0. The van der Waals surface area contributed by atoms with Gasteiger partial charge in [0, 0.05) is 29.7 Å². The number of aryl methyl sites for hydroxylation is 1. The van der Waals surface area contributed by atoms with Crippen molar-refractivity contribution in [3.05, 3.63) is 39.7 Å². The number of benzene rings is 1. The molecular weight excluding hydrogens is 300 g/mol. The molecule has 1 aromatic carbocycles. The minimum absolute atomic E-state index is 0. The maximum absolute atomic E-state index is 12.3. The quantitative estimate of drug-likeness (QED) is 0.878. The number of aromatic amines is 1. The van der Waals surface area contributed by atoms with Crippen molar-refractivity contribution < 1.29 is 4.74 Å². The van der Waals surface area contributed by atoms with Crippen LogP contribution in [0.15, 0.2) is 23.0 Å². The second-order valence-electron chi connectivity index (χ2n) is 5.95. The van der Waals surface area contributed by atoms with Crippen LogP contribution in [-0.2, 0) is 17.6 Å². The highest BCUT2D eigenvalue weighted by Crippen LogP contribution is 2.28. The molecule has 0 saturated carbocycles. The molecule has 0 spiro atoms. The summed E-state index contributed by atoms with van der Waals surface area (Å²) in [5, 5.41) is 1.22. The number of ether oxygens (including phenoxy) is 1. The monoisotopic (exact) mass is 320 g/mol. The summed E-state index contributed by atoms with van der Waals surface area (Å²) in [4.78, 5) is 17.7. The molecule has 5 heteroatoms. The molecule has 22 heavy (non-hydrogen) atoms. The summed E-state index contributed by atoms with van der Waals surface area (Å²) in [6.07, 6.45) is 4.28. The van der Waals surface area contributed by atoms with Gasteiger partial charge in [0.25, 0.3) is 5.56 Å². The average molecular weight is 321 g/mol. The lowest BCUT2D eigenvalue weighted by atomic mass is 9.90. The van der Waals surface area contributed by atoms with Gasteiger partial charge in [0.2, 0.25) is 0 Å². The van der Waals surface area contributed by atoms with E-state index in [0.29, 0.717) is 0 Å². The van der Waals surface area contributed by atoms with E-state index in [0.717, 1.165) is 56.6 Å². The zero-order chi connectivity index (χ0) is 14.2. The van der Waals surface area contributed by atoms with Crippen LogP contribution in [0.25, 0.3) is 10.9 Å². The molecule has 1 saturated heterocycles. The minimum atomic E-state index is 0. The molecule has 2 aliphatic rings. The number of hydrogen-bond acceptors (Lipinski definition) is 3. The Bertz CT molecular complexity index is 735. The largest absolute Gasteiger partial charge is 0.378 e. The van der Waals surface area contributed by atoms with E-state index in [4.69, 9.17) is 4.74 Å². The van der Waals surface area contributed by atoms with Gasteiger partial charge < -0.3 is 14.6 Å². The molecule has 2 aromatic rings. The van der Waals surface area contributed by atoms with Crippen molar-refractivity contribution in [2.24, 2.45) is 0 Å². The summed E-state index contributed by atoms with van der Waals surface area (Å²) in [7, 11) is 0. The Morgan fingerprint density at radius 2 is 1.77 bits per heavy atom. The zero-order valence-electron chi connectivity index (χ0n) is 12.6. The van der Waals surface area contributed by atoms with Crippen molar-refractivity contribution >= 4 is 29.0 Å². The van der Waals surface area contributed by atoms with Crippen LogP contribution in [0.2, 0.25) is 0 Å². The molecule has 118 valence electrons. The lowest BCUT2D eigenvalue weighted by molar-refractivity contribution is 0.122. The lowest BCUT2D eigenvalue weighted by Gasteiger charge is -2.29. The van der Waals surface area contributed by atoms with Gasteiger partial charge in [-0.25, -0.2) is 0 Å². The normalized spacial score (nSPS) is 17.9. The van der Waals surface area contributed by atoms with E-state index >= 15 is 0 Å². The first kappa shape index (κ1) is 15.4. The van der Waals surface area contributed by atoms with Crippen molar-refractivity contribution in [3.8, 4) is 0 Å². The van der Waals surface area contributed by atoms with Crippen LogP contribution in [0.5, 0.6) is 0 Å². The molecule has 0 amide bonds. The Morgan fingerprint density at radius 1 is 1.05 bits per heavy atom. The van der Waals surface area contributed by atoms with Gasteiger partial charge in [-0.2, -0.15) is 0 Å². The number of fused-ring (bicyclic) bond motifs is 3. The molecule has 4 rings (SSSR count). The number of anilines is 1. The Morgan fingerprint density at radius 3 is 2.55 bits per heavy atom. The summed E-state index contributed by atoms with van der Waals surface area (Å²) < 4.78 is 5.40. The number of nitrogens with one attached hydrogen (secondary N) is 1. The van der Waals surface area contributed by atoms with Crippen molar-refractivity contribution in [1.82, 2.24) is 4.98 Å². The summed E-state index contributed by atoms with van der Waals surface area (Å²) in [6, 6.07) is 6.48. The Labute approximate surface area is 135 Å². The Kier molecular flexibility index (Phi) is 4.41. The van der Waals surface area contributed by atoms with Gasteiger partial charge in [-0.15, -0.1) is 12.4 Å². The molecule has 0 radical (unpaired) electrons. The molecule has 0 bridgehead atoms. The van der Waals surface area contributed by atoms with Crippen molar-refractivity contribution in [1.29, 1.82) is 0 Å².